The van der Waals surface area contributed by atoms with Gasteiger partial charge in [0.15, 0.2) is 12.2 Å². The van der Waals surface area contributed by atoms with Gasteiger partial charge in [-0.3, -0.25) is 4.79 Å². The lowest BCUT2D eigenvalue weighted by atomic mass is 9.81. The summed E-state index contributed by atoms with van der Waals surface area (Å²) in [5.74, 6) is -2.79. The zero-order chi connectivity index (χ0) is 23.3. The van der Waals surface area contributed by atoms with Crippen molar-refractivity contribution in [1.29, 1.82) is 0 Å². The summed E-state index contributed by atoms with van der Waals surface area (Å²) in [4.78, 5) is 13.3. The number of Topliss-reactive ketones (excluding diaryl/α,β-unsaturated/α-hetero) is 1. The molecule has 10 nitrogen and oxygen atoms in total. The summed E-state index contributed by atoms with van der Waals surface area (Å²) in [6.07, 6.45) is -7.79. The smallest absolute Gasteiger partial charge is 0.203 e. The van der Waals surface area contributed by atoms with E-state index in [-0.39, 0.29) is 40.5 Å². The first-order valence-corrected chi connectivity index (χ1v) is 10.1. The standard InChI is InChI=1S/C22H24O10/c1-8-2-15(18(28)20(30)17(8)27)32-22-19(29)16-13(26)6-12(25)7-14(16)31-21(22)9-3-10(23)5-11(24)4-9/h3-8,15,17-18,20-28,30H,2H2,1H3. The van der Waals surface area contributed by atoms with E-state index in [2.05, 4.69) is 0 Å². The summed E-state index contributed by atoms with van der Waals surface area (Å²) in [5, 5.41) is 70.4. The Kier molecular flexibility index (Phi) is 5.63. The average Bonchev–Trinajstić information content (AvgIpc) is 2.70. The molecule has 1 fully saturated rings. The number of hydrogen-bond donors (Lipinski definition) is 7. The summed E-state index contributed by atoms with van der Waals surface area (Å²) in [7, 11) is 0. The molecular formula is C22H24O10. The minimum atomic E-state index is -1.50. The second-order valence-electron chi connectivity index (χ2n) is 8.30. The van der Waals surface area contributed by atoms with Gasteiger partial charge in [0.25, 0.3) is 0 Å². The molecule has 0 saturated heterocycles. The summed E-state index contributed by atoms with van der Waals surface area (Å²) in [6.45, 7) is 1.66. The Bertz CT molecular complexity index is 1020. The number of carbonyl (C=O) groups is 1. The highest BCUT2D eigenvalue weighted by Gasteiger charge is 2.47. The number of hydrogen-bond acceptors (Lipinski definition) is 10. The molecule has 32 heavy (non-hydrogen) atoms. The van der Waals surface area contributed by atoms with Crippen molar-refractivity contribution in [2.75, 3.05) is 0 Å². The minimum Gasteiger partial charge on any atom is -0.508 e. The number of carbonyl (C=O) groups excluding carboxylic acids is 1. The zero-order valence-electron chi connectivity index (χ0n) is 17.0. The molecule has 7 N–H and O–H groups in total. The number of ketones is 1. The molecule has 172 valence electrons. The van der Waals surface area contributed by atoms with Crippen LogP contribution in [0.4, 0.5) is 0 Å². The normalized spacial score (nSPS) is 32.2. The second-order valence-corrected chi connectivity index (χ2v) is 8.30. The maximum atomic E-state index is 13.3. The van der Waals surface area contributed by atoms with E-state index in [0.717, 1.165) is 18.2 Å². The molecule has 10 heteroatoms. The van der Waals surface area contributed by atoms with E-state index in [4.69, 9.17) is 9.47 Å². The molecule has 2 aromatic rings. The minimum absolute atomic E-state index is 0.121. The third kappa shape index (κ3) is 3.82. The predicted octanol–water partition coefficient (Wildman–Crippen LogP) is 0.702. The largest absolute Gasteiger partial charge is 0.508 e. The van der Waals surface area contributed by atoms with Crippen LogP contribution in [0.5, 0.6) is 28.7 Å². The van der Waals surface area contributed by atoms with Crippen LogP contribution in [0.15, 0.2) is 30.3 Å². The molecule has 7 unspecified atom stereocenters. The van der Waals surface area contributed by atoms with Gasteiger partial charge in [-0.2, -0.15) is 0 Å². The molecule has 0 bridgehead atoms. The van der Waals surface area contributed by atoms with Crippen molar-refractivity contribution < 1.29 is 50.0 Å². The molecule has 0 radical (unpaired) electrons. The Labute approximate surface area is 182 Å². The van der Waals surface area contributed by atoms with Crippen molar-refractivity contribution in [3.63, 3.8) is 0 Å². The van der Waals surface area contributed by atoms with Gasteiger partial charge in [0.1, 0.15) is 46.5 Å². The number of aliphatic hydroxyl groups excluding tert-OH is 3. The van der Waals surface area contributed by atoms with Crippen LogP contribution in [0.25, 0.3) is 0 Å². The van der Waals surface area contributed by atoms with E-state index in [1.807, 2.05) is 0 Å². The van der Waals surface area contributed by atoms with Gasteiger partial charge in [-0.25, -0.2) is 0 Å². The number of ether oxygens (including phenoxy) is 2. The van der Waals surface area contributed by atoms with E-state index in [0.29, 0.717) is 0 Å². The van der Waals surface area contributed by atoms with E-state index in [1.165, 1.54) is 12.1 Å². The highest BCUT2D eigenvalue weighted by Crippen LogP contribution is 2.44. The van der Waals surface area contributed by atoms with Crippen molar-refractivity contribution in [3.8, 4) is 28.7 Å². The van der Waals surface area contributed by atoms with E-state index in [9.17, 15) is 40.5 Å². The second kappa shape index (κ2) is 8.14. The Morgan fingerprint density at radius 3 is 2.16 bits per heavy atom. The lowest BCUT2D eigenvalue weighted by Crippen LogP contribution is -2.55. The Hall–Kier alpha value is -3.05. The number of aromatic hydroxyl groups is 4. The van der Waals surface area contributed by atoms with E-state index in [1.54, 1.807) is 6.92 Å². The van der Waals surface area contributed by atoms with Gasteiger partial charge in [-0.15, -0.1) is 0 Å². The maximum Gasteiger partial charge on any atom is 0.203 e. The van der Waals surface area contributed by atoms with Crippen LogP contribution in [-0.4, -0.2) is 72.0 Å². The maximum absolute atomic E-state index is 13.3. The fourth-order valence-corrected chi connectivity index (χ4v) is 4.29. The lowest BCUT2D eigenvalue weighted by Gasteiger charge is -2.42. The van der Waals surface area contributed by atoms with Gasteiger partial charge in [-0.05, 0) is 24.5 Å². The van der Waals surface area contributed by atoms with Gasteiger partial charge in [0.2, 0.25) is 5.78 Å². The Morgan fingerprint density at radius 2 is 1.50 bits per heavy atom. The first-order chi connectivity index (χ1) is 15.1. The van der Waals surface area contributed by atoms with E-state index >= 15 is 0 Å². The number of phenols is 4. The number of benzene rings is 2. The molecule has 0 aromatic heterocycles. The van der Waals surface area contributed by atoms with Crippen LogP contribution in [-0.2, 0) is 4.74 Å². The van der Waals surface area contributed by atoms with Crippen LogP contribution >= 0.6 is 0 Å². The van der Waals surface area contributed by atoms with Crippen molar-refractivity contribution >= 4 is 5.78 Å². The van der Waals surface area contributed by atoms with Crippen LogP contribution in [0.1, 0.15) is 35.4 Å². The molecule has 1 saturated carbocycles. The number of phenolic OH excluding ortho intramolecular Hbond substituents is 4. The van der Waals surface area contributed by atoms with Gasteiger partial charge < -0.3 is 45.2 Å². The number of aliphatic hydroxyl groups is 3. The Morgan fingerprint density at radius 1 is 0.875 bits per heavy atom. The van der Waals surface area contributed by atoms with Crippen LogP contribution < -0.4 is 4.74 Å². The molecule has 1 aliphatic heterocycles. The van der Waals surface area contributed by atoms with Crippen molar-refractivity contribution in [3.05, 3.63) is 41.5 Å². The quantitative estimate of drug-likeness (QED) is 0.354. The summed E-state index contributed by atoms with van der Waals surface area (Å²) < 4.78 is 11.7. The molecule has 7 atom stereocenters. The van der Waals surface area contributed by atoms with Gasteiger partial charge in [0.05, 0.1) is 12.2 Å². The fraction of sp³-hybridized carbons (Fsp3) is 0.409. The van der Waals surface area contributed by atoms with Gasteiger partial charge >= 0.3 is 0 Å². The third-order valence-electron chi connectivity index (χ3n) is 5.94. The zero-order valence-corrected chi connectivity index (χ0v) is 17.0. The molecule has 2 aliphatic rings. The van der Waals surface area contributed by atoms with Crippen molar-refractivity contribution in [1.82, 2.24) is 0 Å². The molecule has 0 spiro atoms. The molecule has 0 amide bonds. The highest BCUT2D eigenvalue weighted by molar-refractivity contribution is 6.05. The van der Waals surface area contributed by atoms with Crippen molar-refractivity contribution in [2.24, 2.45) is 5.92 Å². The molecule has 1 aliphatic carbocycles. The van der Waals surface area contributed by atoms with Gasteiger partial charge in [-0.1, -0.05) is 6.92 Å². The number of fused-ring (bicyclic) bond motifs is 1. The molecule has 4 rings (SSSR count). The molecule has 2 aromatic carbocycles. The summed E-state index contributed by atoms with van der Waals surface area (Å²) in [6, 6.07) is 5.69. The van der Waals surface area contributed by atoms with Crippen LogP contribution in [0.3, 0.4) is 0 Å². The molecular weight excluding hydrogens is 424 g/mol. The number of rotatable bonds is 3. The highest BCUT2D eigenvalue weighted by atomic mass is 16.6. The molecule has 1 heterocycles. The van der Waals surface area contributed by atoms with Crippen molar-refractivity contribution in [2.45, 2.75) is 50.0 Å². The Balaban J connectivity index is 1.76. The SMILES string of the molecule is CC1CC(OC2C(=O)c3c(O)cc(O)cc3OC2c2cc(O)cc(O)c2)C(O)C(O)C1O. The first-order valence-electron chi connectivity index (χ1n) is 10.1. The summed E-state index contributed by atoms with van der Waals surface area (Å²) in [5.41, 5.74) is -0.0828. The van der Waals surface area contributed by atoms with E-state index < -0.39 is 54.1 Å². The first kappa shape index (κ1) is 22.2. The van der Waals surface area contributed by atoms with Crippen LogP contribution in [0.2, 0.25) is 0 Å². The predicted molar refractivity (Wildman–Crippen MR) is 108 cm³/mol. The topological polar surface area (TPSA) is 177 Å². The third-order valence-corrected chi connectivity index (χ3v) is 5.94. The van der Waals surface area contributed by atoms with Gasteiger partial charge in [0, 0.05) is 23.8 Å². The fourth-order valence-electron chi connectivity index (χ4n) is 4.29. The lowest BCUT2D eigenvalue weighted by molar-refractivity contribution is -0.187. The monoisotopic (exact) mass is 448 g/mol. The summed E-state index contributed by atoms with van der Waals surface area (Å²) >= 11 is 0. The van der Waals surface area contributed by atoms with Crippen LogP contribution in [0, 0.1) is 5.92 Å². The average molecular weight is 448 g/mol.